The minimum atomic E-state index is -0.622. The van der Waals surface area contributed by atoms with E-state index in [4.69, 9.17) is 9.84 Å². The van der Waals surface area contributed by atoms with E-state index < -0.39 is 5.91 Å². The lowest BCUT2D eigenvalue weighted by molar-refractivity contribution is 0.0705. The highest BCUT2D eigenvalue weighted by molar-refractivity contribution is 5.92. The second-order valence-corrected chi connectivity index (χ2v) is 6.50. The molecule has 4 heterocycles. The van der Waals surface area contributed by atoms with Crippen LogP contribution in [0.1, 0.15) is 16.8 Å². The molecule has 5 rings (SSSR count). The molecule has 2 N–H and O–H groups in total. The first-order valence-corrected chi connectivity index (χ1v) is 8.25. The molecule has 1 aromatic carbocycles. The van der Waals surface area contributed by atoms with Crippen LogP contribution in [-0.2, 0) is 0 Å². The molecule has 2 saturated heterocycles. The molecule has 2 aliphatic heterocycles. The maximum atomic E-state index is 11.4. The molecule has 132 valence electrons. The maximum absolute atomic E-state index is 11.4. The summed E-state index contributed by atoms with van der Waals surface area (Å²) in [5, 5.41) is 16.4. The van der Waals surface area contributed by atoms with Gasteiger partial charge in [-0.15, -0.1) is 0 Å². The van der Waals surface area contributed by atoms with Gasteiger partial charge in [0.05, 0.1) is 11.6 Å². The Morgan fingerprint density at radius 2 is 1.85 bits per heavy atom. The van der Waals surface area contributed by atoms with Crippen molar-refractivity contribution in [3.8, 4) is 0 Å². The third-order valence-corrected chi connectivity index (χ3v) is 5.07. The molecule has 10 heteroatoms. The average Bonchev–Trinajstić information content (AvgIpc) is 3.41. The minimum absolute atomic E-state index is 0.219. The Morgan fingerprint density at radius 1 is 1.12 bits per heavy atom. The molecule has 10 nitrogen and oxygen atoms in total. The van der Waals surface area contributed by atoms with E-state index in [1.54, 1.807) is 5.48 Å². The first-order chi connectivity index (χ1) is 12.7. The van der Waals surface area contributed by atoms with Gasteiger partial charge in [0.1, 0.15) is 11.0 Å². The van der Waals surface area contributed by atoms with Gasteiger partial charge in [0.2, 0.25) is 5.95 Å². The highest BCUT2D eigenvalue weighted by Crippen LogP contribution is 2.36. The number of piperazine rings is 1. The molecule has 0 saturated carbocycles. The maximum Gasteiger partial charge on any atom is 0.277 e. The summed E-state index contributed by atoms with van der Waals surface area (Å²) in [6.07, 6.45) is 3.86. The number of amides is 1. The van der Waals surface area contributed by atoms with E-state index in [0.717, 1.165) is 36.2 Å². The Labute approximate surface area is 147 Å². The summed E-state index contributed by atoms with van der Waals surface area (Å²) in [6, 6.07) is 6.62. The van der Waals surface area contributed by atoms with Gasteiger partial charge in [0.15, 0.2) is 0 Å². The molecule has 26 heavy (non-hydrogen) atoms. The van der Waals surface area contributed by atoms with Crippen LogP contribution in [0.2, 0.25) is 0 Å². The van der Waals surface area contributed by atoms with Gasteiger partial charge < -0.3 is 9.80 Å². The molecular weight excluding hydrogens is 338 g/mol. The van der Waals surface area contributed by atoms with E-state index >= 15 is 0 Å². The number of hydroxylamine groups is 1. The highest BCUT2D eigenvalue weighted by Gasteiger charge is 2.44. The van der Waals surface area contributed by atoms with E-state index in [2.05, 4.69) is 30.1 Å². The van der Waals surface area contributed by atoms with E-state index in [1.165, 1.54) is 12.4 Å². The molecule has 1 amide bonds. The molecule has 3 aromatic rings. The quantitative estimate of drug-likeness (QED) is 0.515. The first-order valence-electron chi connectivity index (χ1n) is 8.25. The average molecular weight is 353 g/mol. The molecule has 2 aliphatic rings. The lowest BCUT2D eigenvalue weighted by Crippen LogP contribution is -2.47. The summed E-state index contributed by atoms with van der Waals surface area (Å²) in [7, 11) is 0. The normalized spacial score (nSPS) is 21.6. The smallest absolute Gasteiger partial charge is 0.277 e. The zero-order chi connectivity index (χ0) is 17.7. The Kier molecular flexibility index (Phi) is 3.25. The van der Waals surface area contributed by atoms with Gasteiger partial charge in [-0.05, 0) is 34.9 Å². The van der Waals surface area contributed by atoms with Crippen molar-refractivity contribution >= 4 is 28.6 Å². The van der Waals surface area contributed by atoms with E-state index in [9.17, 15) is 4.79 Å². The van der Waals surface area contributed by atoms with Crippen molar-refractivity contribution in [2.45, 2.75) is 18.5 Å². The molecule has 2 bridgehead atoms. The van der Waals surface area contributed by atoms with Crippen molar-refractivity contribution in [1.29, 1.82) is 0 Å². The molecule has 0 spiro atoms. The van der Waals surface area contributed by atoms with Crippen LogP contribution in [0.4, 0.5) is 11.6 Å². The van der Waals surface area contributed by atoms with Crippen LogP contribution in [0.5, 0.6) is 0 Å². The van der Waals surface area contributed by atoms with Gasteiger partial charge in [0.25, 0.3) is 5.91 Å². The number of hydrogen-bond acceptors (Lipinski definition) is 9. The molecule has 0 radical (unpaired) electrons. The van der Waals surface area contributed by atoms with Crippen molar-refractivity contribution in [3.05, 3.63) is 36.2 Å². The molecule has 2 unspecified atom stereocenters. The summed E-state index contributed by atoms with van der Waals surface area (Å²) < 4.78 is 4.77. The fourth-order valence-corrected chi connectivity index (χ4v) is 3.83. The zero-order valence-corrected chi connectivity index (χ0v) is 13.6. The second-order valence-electron chi connectivity index (χ2n) is 6.50. The Morgan fingerprint density at radius 3 is 2.58 bits per heavy atom. The first kappa shape index (κ1) is 15.0. The van der Waals surface area contributed by atoms with E-state index in [-0.39, 0.29) is 5.56 Å². The van der Waals surface area contributed by atoms with E-state index in [0.29, 0.717) is 18.0 Å². The van der Waals surface area contributed by atoms with Crippen LogP contribution < -0.4 is 15.3 Å². The lowest BCUT2D eigenvalue weighted by atomic mass is 10.2. The molecule has 0 aliphatic carbocycles. The van der Waals surface area contributed by atoms with Crippen LogP contribution in [0.15, 0.2) is 35.2 Å². The lowest BCUT2D eigenvalue weighted by Gasteiger charge is -2.35. The van der Waals surface area contributed by atoms with Gasteiger partial charge >= 0.3 is 0 Å². The predicted molar refractivity (Wildman–Crippen MR) is 90.0 cm³/mol. The summed E-state index contributed by atoms with van der Waals surface area (Å²) in [5.41, 5.74) is 4.41. The number of nitrogens with zero attached hydrogens (tertiary/aromatic N) is 6. The summed E-state index contributed by atoms with van der Waals surface area (Å²) >= 11 is 0. The number of fused-ring (bicyclic) bond motifs is 3. The Balaban J connectivity index is 1.34. The number of aromatic nitrogens is 4. The monoisotopic (exact) mass is 353 g/mol. The zero-order valence-electron chi connectivity index (χ0n) is 13.6. The molecule has 2 atom stereocenters. The third-order valence-electron chi connectivity index (χ3n) is 5.07. The van der Waals surface area contributed by atoms with Crippen molar-refractivity contribution in [3.63, 3.8) is 0 Å². The number of nitrogens with one attached hydrogen (secondary N) is 1. The second kappa shape index (κ2) is 5.63. The fraction of sp³-hybridized carbons (Fsp3) is 0.312. The van der Waals surface area contributed by atoms with Gasteiger partial charge in [-0.1, -0.05) is 0 Å². The van der Waals surface area contributed by atoms with Crippen LogP contribution in [-0.4, -0.2) is 56.6 Å². The number of carbonyl (C=O) groups excluding carboxylic acids is 1. The Bertz CT molecular complexity index is 973. The van der Waals surface area contributed by atoms with Crippen molar-refractivity contribution in [2.24, 2.45) is 0 Å². The highest BCUT2D eigenvalue weighted by atomic mass is 16.6. The largest absolute Gasteiger partial charge is 0.365 e. The predicted octanol–water partition coefficient (Wildman–Crippen LogP) is 0.599. The number of carbonyl (C=O) groups is 1. The van der Waals surface area contributed by atoms with Gasteiger partial charge in [-0.25, -0.2) is 20.1 Å². The topological polar surface area (TPSA) is 121 Å². The molecule has 2 aromatic heterocycles. The van der Waals surface area contributed by atoms with Gasteiger partial charge in [-0.2, -0.15) is 0 Å². The van der Waals surface area contributed by atoms with E-state index in [1.807, 2.05) is 18.2 Å². The van der Waals surface area contributed by atoms with Crippen molar-refractivity contribution in [1.82, 2.24) is 25.8 Å². The van der Waals surface area contributed by atoms with Gasteiger partial charge in [0, 0.05) is 37.2 Å². The van der Waals surface area contributed by atoms with Crippen LogP contribution in [0.25, 0.3) is 11.0 Å². The SMILES string of the molecule is O=C(NO)c1cnc(N2CC3CC2CN3c2ccc3nonc3c2)nc1. The standard InChI is InChI=1S/C16H15N7O3/c24-15(19-25)9-5-17-16(18-6-9)23-8-11-3-12(23)7-22(11)10-1-2-13-14(4-10)21-26-20-13/h1-2,4-6,11-12,25H,3,7-8H2,(H,19,24). The van der Waals surface area contributed by atoms with Crippen molar-refractivity contribution in [2.75, 3.05) is 22.9 Å². The Hall–Kier alpha value is -3.27. The third kappa shape index (κ3) is 2.26. The summed E-state index contributed by atoms with van der Waals surface area (Å²) in [4.78, 5) is 24.4. The number of rotatable bonds is 3. The summed E-state index contributed by atoms with van der Waals surface area (Å²) in [6.45, 7) is 1.68. The molecular formula is C16H15N7O3. The fourth-order valence-electron chi connectivity index (χ4n) is 3.83. The van der Waals surface area contributed by atoms with Gasteiger partial charge in [-0.3, -0.25) is 10.0 Å². The minimum Gasteiger partial charge on any atom is -0.365 e. The number of hydrogen-bond donors (Lipinski definition) is 2. The van der Waals surface area contributed by atoms with Crippen LogP contribution >= 0.6 is 0 Å². The molecule has 2 fully saturated rings. The summed E-state index contributed by atoms with van der Waals surface area (Å²) in [5.74, 6) is -0.0220. The van der Waals surface area contributed by atoms with Crippen molar-refractivity contribution < 1.29 is 14.6 Å². The number of benzene rings is 1. The number of anilines is 2. The van der Waals surface area contributed by atoms with Crippen LogP contribution in [0, 0.1) is 0 Å². The van der Waals surface area contributed by atoms with Crippen LogP contribution in [0.3, 0.4) is 0 Å².